The summed E-state index contributed by atoms with van der Waals surface area (Å²) in [4.78, 5) is 25.2. The zero-order valence-electron chi connectivity index (χ0n) is 12.4. The lowest BCUT2D eigenvalue weighted by Gasteiger charge is -2.32. The average molecular weight is 317 g/mol. The van der Waals surface area contributed by atoms with E-state index in [1.807, 2.05) is 23.1 Å². The van der Waals surface area contributed by atoms with Crippen molar-refractivity contribution in [2.45, 2.75) is 0 Å². The van der Waals surface area contributed by atoms with Crippen LogP contribution in [0.1, 0.15) is 10.5 Å². The van der Waals surface area contributed by atoms with Crippen LogP contribution in [0.4, 0.5) is 0 Å². The van der Waals surface area contributed by atoms with Gasteiger partial charge in [-0.05, 0) is 19.2 Å². The van der Waals surface area contributed by atoms with Crippen LogP contribution in [-0.2, 0) is 0 Å². The molecule has 0 aliphatic carbocycles. The molecule has 0 atom stereocenters. The second-order valence-electron chi connectivity index (χ2n) is 5.40. The molecule has 22 heavy (non-hydrogen) atoms. The van der Waals surface area contributed by atoms with E-state index in [1.165, 1.54) is 6.20 Å². The van der Waals surface area contributed by atoms with Crippen molar-refractivity contribution in [2.75, 3.05) is 33.2 Å². The van der Waals surface area contributed by atoms with E-state index in [9.17, 15) is 4.79 Å². The first kappa shape index (κ1) is 14.9. The molecule has 3 rings (SSSR count). The van der Waals surface area contributed by atoms with Crippen LogP contribution in [0.15, 0.2) is 36.7 Å². The molecule has 6 heteroatoms. The van der Waals surface area contributed by atoms with Gasteiger partial charge in [0.1, 0.15) is 5.69 Å². The van der Waals surface area contributed by atoms with E-state index in [0.717, 1.165) is 31.7 Å². The van der Waals surface area contributed by atoms with E-state index in [-0.39, 0.29) is 5.91 Å². The molecule has 2 heterocycles. The molecular weight excluding hydrogens is 300 g/mol. The van der Waals surface area contributed by atoms with E-state index in [2.05, 4.69) is 21.9 Å². The maximum Gasteiger partial charge on any atom is 0.274 e. The summed E-state index contributed by atoms with van der Waals surface area (Å²) in [6.07, 6.45) is 3.17. The molecule has 1 aliphatic rings. The highest BCUT2D eigenvalue weighted by Gasteiger charge is 2.21. The second kappa shape index (κ2) is 6.42. The molecule has 1 aromatic carbocycles. The van der Waals surface area contributed by atoms with Gasteiger partial charge in [0.25, 0.3) is 5.91 Å². The summed E-state index contributed by atoms with van der Waals surface area (Å²) in [5.74, 6) is -0.0653. The average Bonchev–Trinajstić information content (AvgIpc) is 2.55. The van der Waals surface area contributed by atoms with Crippen LogP contribution in [0.2, 0.25) is 5.02 Å². The molecule has 1 aromatic heterocycles. The third kappa shape index (κ3) is 3.26. The van der Waals surface area contributed by atoms with E-state index in [0.29, 0.717) is 16.4 Å². The highest BCUT2D eigenvalue weighted by Crippen LogP contribution is 2.20. The van der Waals surface area contributed by atoms with Crippen LogP contribution in [0.3, 0.4) is 0 Å². The number of aromatic nitrogens is 2. The standard InChI is InChI=1S/C16H17ClN4O/c1-20-5-7-21(8-6-20)16(22)15-11-18-10-14(19-15)12-3-2-4-13(17)9-12/h2-4,9-11H,5-8H2,1H3. The van der Waals surface area contributed by atoms with Gasteiger partial charge in [-0.3, -0.25) is 9.78 Å². The highest BCUT2D eigenvalue weighted by molar-refractivity contribution is 6.30. The Labute approximate surface area is 134 Å². The van der Waals surface area contributed by atoms with E-state index >= 15 is 0 Å². The van der Waals surface area contributed by atoms with Crippen molar-refractivity contribution in [3.8, 4) is 11.3 Å². The van der Waals surface area contributed by atoms with Crippen LogP contribution >= 0.6 is 11.6 Å². The molecule has 0 radical (unpaired) electrons. The van der Waals surface area contributed by atoms with Crippen molar-refractivity contribution in [1.29, 1.82) is 0 Å². The lowest BCUT2D eigenvalue weighted by Crippen LogP contribution is -2.47. The van der Waals surface area contributed by atoms with Gasteiger partial charge in [0, 0.05) is 36.8 Å². The van der Waals surface area contributed by atoms with Crippen LogP contribution in [-0.4, -0.2) is 58.9 Å². The molecule has 0 spiro atoms. The molecule has 0 unspecified atom stereocenters. The van der Waals surface area contributed by atoms with Gasteiger partial charge in [-0.15, -0.1) is 0 Å². The van der Waals surface area contributed by atoms with Gasteiger partial charge in [-0.1, -0.05) is 23.7 Å². The minimum absolute atomic E-state index is 0.0653. The highest BCUT2D eigenvalue weighted by atomic mass is 35.5. The van der Waals surface area contributed by atoms with Gasteiger partial charge < -0.3 is 9.80 Å². The molecule has 0 bridgehead atoms. The zero-order valence-corrected chi connectivity index (χ0v) is 13.1. The number of hydrogen-bond acceptors (Lipinski definition) is 4. The van der Waals surface area contributed by atoms with E-state index in [4.69, 9.17) is 11.6 Å². The predicted octanol–water partition coefficient (Wildman–Crippen LogP) is 2.18. The fraction of sp³-hybridized carbons (Fsp3) is 0.312. The summed E-state index contributed by atoms with van der Waals surface area (Å²) in [5.41, 5.74) is 1.89. The topological polar surface area (TPSA) is 49.3 Å². The Hall–Kier alpha value is -1.98. The van der Waals surface area contributed by atoms with Crippen LogP contribution in [0.25, 0.3) is 11.3 Å². The first-order chi connectivity index (χ1) is 10.6. The Morgan fingerprint density at radius 2 is 1.95 bits per heavy atom. The summed E-state index contributed by atoms with van der Waals surface area (Å²) in [7, 11) is 2.06. The Morgan fingerprint density at radius 1 is 1.18 bits per heavy atom. The molecule has 1 aliphatic heterocycles. The summed E-state index contributed by atoms with van der Waals surface area (Å²) >= 11 is 6.00. The maximum atomic E-state index is 12.5. The minimum Gasteiger partial charge on any atom is -0.335 e. The lowest BCUT2D eigenvalue weighted by molar-refractivity contribution is 0.0658. The number of piperazine rings is 1. The van der Waals surface area contributed by atoms with Gasteiger partial charge in [0.15, 0.2) is 0 Å². The van der Waals surface area contributed by atoms with Crippen LogP contribution in [0, 0.1) is 0 Å². The smallest absolute Gasteiger partial charge is 0.274 e. The number of rotatable bonds is 2. The summed E-state index contributed by atoms with van der Waals surface area (Å²) in [5, 5.41) is 0.634. The van der Waals surface area contributed by atoms with E-state index in [1.54, 1.807) is 12.3 Å². The van der Waals surface area contributed by atoms with Gasteiger partial charge in [-0.25, -0.2) is 4.98 Å². The Kier molecular flexibility index (Phi) is 4.36. The largest absolute Gasteiger partial charge is 0.335 e. The number of likely N-dealkylation sites (N-methyl/N-ethyl adjacent to an activating group) is 1. The van der Waals surface area contributed by atoms with Crippen molar-refractivity contribution in [3.05, 3.63) is 47.4 Å². The SMILES string of the molecule is CN1CCN(C(=O)c2cncc(-c3cccc(Cl)c3)n2)CC1. The molecule has 1 saturated heterocycles. The van der Waals surface area contributed by atoms with Gasteiger partial charge in [-0.2, -0.15) is 0 Å². The Morgan fingerprint density at radius 3 is 2.68 bits per heavy atom. The van der Waals surface area contributed by atoms with Gasteiger partial charge >= 0.3 is 0 Å². The predicted molar refractivity (Wildman–Crippen MR) is 85.9 cm³/mol. The third-order valence-corrected chi connectivity index (χ3v) is 4.00. The number of benzene rings is 1. The Bertz CT molecular complexity index is 683. The number of carbonyl (C=O) groups excluding carboxylic acids is 1. The molecule has 0 saturated carbocycles. The van der Waals surface area contributed by atoms with E-state index < -0.39 is 0 Å². The molecule has 1 amide bonds. The van der Waals surface area contributed by atoms with Crippen LogP contribution in [0.5, 0.6) is 0 Å². The molecular formula is C16H17ClN4O. The number of carbonyl (C=O) groups is 1. The monoisotopic (exact) mass is 316 g/mol. The first-order valence-electron chi connectivity index (χ1n) is 7.19. The number of halogens is 1. The molecule has 5 nitrogen and oxygen atoms in total. The summed E-state index contributed by atoms with van der Waals surface area (Å²) in [6, 6.07) is 7.38. The van der Waals surface area contributed by atoms with Crippen molar-refractivity contribution in [1.82, 2.24) is 19.8 Å². The minimum atomic E-state index is -0.0653. The third-order valence-electron chi connectivity index (χ3n) is 3.76. The lowest BCUT2D eigenvalue weighted by atomic mass is 10.1. The molecule has 2 aromatic rings. The maximum absolute atomic E-state index is 12.5. The molecule has 114 valence electrons. The zero-order chi connectivity index (χ0) is 15.5. The summed E-state index contributed by atoms with van der Waals surface area (Å²) < 4.78 is 0. The second-order valence-corrected chi connectivity index (χ2v) is 5.83. The van der Waals surface area contributed by atoms with Crippen molar-refractivity contribution >= 4 is 17.5 Å². The fourth-order valence-corrected chi connectivity index (χ4v) is 2.62. The quantitative estimate of drug-likeness (QED) is 0.852. The fourth-order valence-electron chi connectivity index (χ4n) is 2.43. The van der Waals surface area contributed by atoms with Crippen molar-refractivity contribution < 1.29 is 4.79 Å². The molecule has 0 N–H and O–H groups in total. The van der Waals surface area contributed by atoms with Crippen molar-refractivity contribution in [3.63, 3.8) is 0 Å². The van der Waals surface area contributed by atoms with Crippen molar-refractivity contribution in [2.24, 2.45) is 0 Å². The molecule has 1 fully saturated rings. The summed E-state index contributed by atoms with van der Waals surface area (Å²) in [6.45, 7) is 3.21. The van der Waals surface area contributed by atoms with Gasteiger partial charge in [0.2, 0.25) is 0 Å². The Balaban J connectivity index is 1.83. The number of nitrogens with zero attached hydrogens (tertiary/aromatic N) is 4. The number of amides is 1. The van der Waals surface area contributed by atoms with Crippen LogP contribution < -0.4 is 0 Å². The first-order valence-corrected chi connectivity index (χ1v) is 7.57. The normalized spacial score (nSPS) is 15.8. The number of hydrogen-bond donors (Lipinski definition) is 0. The van der Waals surface area contributed by atoms with Gasteiger partial charge in [0.05, 0.1) is 18.1 Å².